The van der Waals surface area contributed by atoms with Crippen LogP contribution in [0.2, 0.25) is 0 Å². The van der Waals surface area contributed by atoms with Crippen molar-refractivity contribution in [3.05, 3.63) is 122 Å². The monoisotopic (exact) mass is 1070 g/mol. The van der Waals surface area contributed by atoms with Crippen LogP contribution in [0.3, 0.4) is 0 Å². The van der Waals surface area contributed by atoms with E-state index in [2.05, 4.69) is 124 Å². The normalized spacial score (nSPS) is 18.9. The number of aliphatic carboxylic acids is 1. The van der Waals surface area contributed by atoms with Crippen molar-refractivity contribution >= 4 is 23.9 Å². The second-order valence-corrected chi connectivity index (χ2v) is 19.5. The van der Waals surface area contributed by atoms with E-state index >= 15 is 0 Å². The van der Waals surface area contributed by atoms with E-state index in [0.29, 0.717) is 25.7 Å². The van der Waals surface area contributed by atoms with E-state index in [0.717, 1.165) is 89.9 Å². The summed E-state index contributed by atoms with van der Waals surface area (Å²) in [5.74, 6) is -3.31. The zero-order valence-electron chi connectivity index (χ0n) is 47.7. The fourth-order valence-corrected chi connectivity index (χ4v) is 8.05. The number of carboxylic acids is 1. The summed E-state index contributed by atoms with van der Waals surface area (Å²) in [5.41, 5.74) is 0. The van der Waals surface area contributed by atoms with Crippen LogP contribution in [0.5, 0.6) is 0 Å². The zero-order chi connectivity index (χ0) is 56.1. The van der Waals surface area contributed by atoms with E-state index < -0.39 is 67.3 Å². The van der Waals surface area contributed by atoms with Crippen molar-refractivity contribution in [3.63, 3.8) is 0 Å². The number of aliphatic hydroxyl groups excluding tert-OH is 2. The van der Waals surface area contributed by atoms with Crippen LogP contribution < -0.4 is 0 Å². The van der Waals surface area contributed by atoms with Crippen LogP contribution in [0.1, 0.15) is 213 Å². The number of aliphatic hydroxyl groups is 2. The van der Waals surface area contributed by atoms with Crippen molar-refractivity contribution in [2.45, 2.75) is 250 Å². The largest absolute Gasteiger partial charge is 0.479 e. The van der Waals surface area contributed by atoms with Crippen molar-refractivity contribution < 1.29 is 58.2 Å². The van der Waals surface area contributed by atoms with Gasteiger partial charge in [-0.25, -0.2) is 4.79 Å². The standard InChI is InChI=1S/C65H102O12/c1-4-7-10-13-16-19-22-25-27-28-29-30-32-34-36-39-42-45-48-51-57(66)73-54-56(75-58(67)52-49-46-43-40-38-35-31-26-23-20-17-14-11-8-5-2)55-74-65-63(61(70)60(69)62(77-65)64(71)72)76-59(68)53-50-47-44-41-37-33-24-21-18-15-12-9-6-3/h8-9,11-12,16-21,25-27,31,33,37-38,40,44,47,56,60-63,65,69-70H,4-7,10,13-15,22-24,28-30,32,34-36,39,41-43,45-46,48-55H2,1-3H3,(H,71,72)/b11-8-,12-9-,19-16-,20-17-,21-18-,27-25-,31-26-,37-33-,40-38-,47-44-. The minimum atomic E-state index is -1.94. The van der Waals surface area contributed by atoms with E-state index in [9.17, 15) is 34.5 Å². The number of esters is 3. The molecule has 12 nitrogen and oxygen atoms in total. The second-order valence-electron chi connectivity index (χ2n) is 19.5. The molecule has 1 aliphatic heterocycles. The van der Waals surface area contributed by atoms with Gasteiger partial charge in [-0.1, -0.05) is 200 Å². The van der Waals surface area contributed by atoms with E-state index in [4.69, 9.17) is 23.7 Å². The number of carboxylic acid groups (broad SMARTS) is 1. The molecule has 6 atom stereocenters. The van der Waals surface area contributed by atoms with Gasteiger partial charge in [0.2, 0.25) is 0 Å². The maximum absolute atomic E-state index is 13.1. The Morgan fingerprint density at radius 3 is 1.32 bits per heavy atom. The van der Waals surface area contributed by atoms with Crippen LogP contribution in [0.25, 0.3) is 0 Å². The third-order valence-electron chi connectivity index (χ3n) is 12.5. The van der Waals surface area contributed by atoms with Gasteiger partial charge in [-0.05, 0) is 116 Å². The van der Waals surface area contributed by atoms with Crippen molar-refractivity contribution in [1.29, 1.82) is 0 Å². The highest BCUT2D eigenvalue weighted by atomic mass is 16.7. The highest BCUT2D eigenvalue weighted by Gasteiger charge is 2.50. The third kappa shape index (κ3) is 41.8. The van der Waals surface area contributed by atoms with Crippen molar-refractivity contribution in [3.8, 4) is 0 Å². The van der Waals surface area contributed by atoms with Gasteiger partial charge in [0.15, 0.2) is 24.6 Å². The Hall–Kier alpha value is -4.88. The van der Waals surface area contributed by atoms with Gasteiger partial charge < -0.3 is 39.0 Å². The summed E-state index contributed by atoms with van der Waals surface area (Å²) in [7, 11) is 0. The lowest BCUT2D eigenvalue weighted by molar-refractivity contribution is -0.301. The Morgan fingerprint density at radius 1 is 0.442 bits per heavy atom. The molecule has 1 fully saturated rings. The molecule has 0 aromatic rings. The van der Waals surface area contributed by atoms with Crippen LogP contribution in [-0.2, 0) is 42.9 Å². The maximum Gasteiger partial charge on any atom is 0.335 e. The summed E-state index contributed by atoms with van der Waals surface area (Å²) in [6.45, 7) is 5.65. The van der Waals surface area contributed by atoms with Gasteiger partial charge in [0.1, 0.15) is 18.8 Å². The molecule has 0 bridgehead atoms. The highest BCUT2D eigenvalue weighted by Crippen LogP contribution is 2.26. The summed E-state index contributed by atoms with van der Waals surface area (Å²) >= 11 is 0. The Kier molecular flexibility index (Phi) is 47.2. The van der Waals surface area contributed by atoms with Crippen LogP contribution >= 0.6 is 0 Å². The summed E-state index contributed by atoms with van der Waals surface area (Å²) in [4.78, 5) is 51.1. The molecular weight excluding hydrogens is 973 g/mol. The van der Waals surface area contributed by atoms with E-state index in [1.807, 2.05) is 18.2 Å². The number of hydrogen-bond donors (Lipinski definition) is 3. The molecule has 0 aromatic heterocycles. The molecule has 6 unspecified atom stereocenters. The molecule has 0 radical (unpaired) electrons. The molecule has 1 aliphatic rings. The van der Waals surface area contributed by atoms with Crippen LogP contribution in [0.15, 0.2) is 122 Å². The fraction of sp³-hybridized carbons (Fsp3) is 0.631. The lowest BCUT2D eigenvalue weighted by Gasteiger charge is -2.40. The van der Waals surface area contributed by atoms with Gasteiger partial charge in [-0.2, -0.15) is 0 Å². The summed E-state index contributed by atoms with van der Waals surface area (Å²) in [6, 6.07) is 0. The molecule has 434 valence electrons. The number of carbonyl (C=O) groups excluding carboxylic acids is 3. The fourth-order valence-electron chi connectivity index (χ4n) is 8.05. The molecule has 0 aliphatic carbocycles. The summed E-state index contributed by atoms with van der Waals surface area (Å²) in [5, 5.41) is 31.4. The minimum Gasteiger partial charge on any atom is -0.479 e. The van der Waals surface area contributed by atoms with E-state index in [1.54, 1.807) is 0 Å². The summed E-state index contributed by atoms with van der Waals surface area (Å²) < 4.78 is 28.3. The van der Waals surface area contributed by atoms with Gasteiger partial charge in [0.25, 0.3) is 0 Å². The SMILES string of the molecule is CC/C=C\C/C=C\C/C=C\C/C=C\CCCCC(=O)OC(COC(=O)CCCCCCCCCCC/C=C\C/C=C\CCCCC)COC1OC(C(=O)O)C(O)C(O)C1OC(=O)CC/C=C\C/C=C\C/C=C\C/C=C\CC. The maximum atomic E-state index is 13.1. The number of unbranched alkanes of at least 4 members (excludes halogenated alkanes) is 14. The average Bonchev–Trinajstić information content (AvgIpc) is 3.41. The van der Waals surface area contributed by atoms with Crippen LogP contribution in [0, 0.1) is 0 Å². The molecule has 0 amide bonds. The summed E-state index contributed by atoms with van der Waals surface area (Å²) in [6.07, 6.45) is 59.1. The number of rotatable bonds is 48. The van der Waals surface area contributed by atoms with Crippen LogP contribution in [-0.4, -0.2) is 89.2 Å². The minimum absolute atomic E-state index is 0.0721. The van der Waals surface area contributed by atoms with Gasteiger partial charge in [0, 0.05) is 19.3 Å². The first-order chi connectivity index (χ1) is 37.6. The van der Waals surface area contributed by atoms with Gasteiger partial charge in [-0.15, -0.1) is 0 Å². The Bertz CT molecular complexity index is 1800. The molecule has 1 rings (SSSR count). The molecule has 0 spiro atoms. The topological polar surface area (TPSA) is 175 Å². The smallest absolute Gasteiger partial charge is 0.335 e. The molecule has 0 aromatic carbocycles. The Morgan fingerprint density at radius 2 is 0.844 bits per heavy atom. The number of carbonyl (C=O) groups is 4. The Balaban J connectivity index is 2.74. The van der Waals surface area contributed by atoms with Gasteiger partial charge >= 0.3 is 23.9 Å². The molecule has 1 saturated heterocycles. The molecule has 0 saturated carbocycles. The van der Waals surface area contributed by atoms with Gasteiger partial charge in [-0.3, -0.25) is 14.4 Å². The van der Waals surface area contributed by atoms with Gasteiger partial charge in [0.05, 0.1) is 6.61 Å². The van der Waals surface area contributed by atoms with Crippen LogP contribution in [0.4, 0.5) is 0 Å². The second kappa shape index (κ2) is 51.9. The first-order valence-electron chi connectivity index (χ1n) is 29.5. The molecule has 1 heterocycles. The number of hydrogen-bond acceptors (Lipinski definition) is 11. The molecule has 12 heteroatoms. The predicted octanol–water partition coefficient (Wildman–Crippen LogP) is 15.2. The number of allylic oxidation sites excluding steroid dienone is 20. The lowest BCUT2D eigenvalue weighted by Crippen LogP contribution is -2.61. The quantitative estimate of drug-likeness (QED) is 0.0228. The highest BCUT2D eigenvalue weighted by molar-refractivity contribution is 5.74. The third-order valence-corrected chi connectivity index (χ3v) is 12.5. The number of ether oxygens (including phenoxy) is 5. The molecular formula is C65H102O12. The molecule has 3 N–H and O–H groups in total. The Labute approximate surface area is 465 Å². The molecule has 77 heavy (non-hydrogen) atoms. The van der Waals surface area contributed by atoms with E-state index in [1.165, 1.54) is 57.8 Å². The zero-order valence-corrected chi connectivity index (χ0v) is 47.7. The van der Waals surface area contributed by atoms with Crippen molar-refractivity contribution in [1.82, 2.24) is 0 Å². The first-order valence-corrected chi connectivity index (χ1v) is 29.5. The predicted molar refractivity (Wildman–Crippen MR) is 312 cm³/mol. The average molecular weight is 1080 g/mol. The van der Waals surface area contributed by atoms with Crippen molar-refractivity contribution in [2.24, 2.45) is 0 Å². The first kappa shape index (κ1) is 70.1. The van der Waals surface area contributed by atoms with E-state index in [-0.39, 0.29) is 25.9 Å². The lowest BCUT2D eigenvalue weighted by atomic mass is 9.98. The van der Waals surface area contributed by atoms with Crippen molar-refractivity contribution in [2.75, 3.05) is 13.2 Å².